The van der Waals surface area contributed by atoms with Gasteiger partial charge in [0.15, 0.2) is 0 Å². The van der Waals surface area contributed by atoms with Crippen molar-refractivity contribution in [1.82, 2.24) is 0 Å². The Labute approximate surface area is 123 Å². The molecule has 2 aromatic rings. The maximum absolute atomic E-state index is 3.63. The van der Waals surface area contributed by atoms with Gasteiger partial charge in [0, 0.05) is 0 Å². The van der Waals surface area contributed by atoms with E-state index in [9.17, 15) is 0 Å². The molecule has 2 aromatic carbocycles. The molecule has 1 heteroatoms. The van der Waals surface area contributed by atoms with E-state index >= 15 is 0 Å². The van der Waals surface area contributed by atoms with Crippen LogP contribution in [-0.2, 0) is 0 Å². The summed E-state index contributed by atoms with van der Waals surface area (Å²) < 4.78 is 6.50. The van der Waals surface area contributed by atoms with Gasteiger partial charge in [0.25, 0.3) is 0 Å². The van der Waals surface area contributed by atoms with Gasteiger partial charge in [0.05, 0.1) is 0 Å². The Hall–Kier alpha value is -1.18. The molecule has 0 heterocycles. The van der Waals surface area contributed by atoms with E-state index in [1.54, 1.807) is 0 Å². The predicted octanol–water partition coefficient (Wildman–Crippen LogP) is 2.88. The van der Waals surface area contributed by atoms with Crippen LogP contribution in [0.2, 0.25) is 0 Å². The van der Waals surface area contributed by atoms with Crippen LogP contribution >= 0.6 is 0 Å². The second-order valence-electron chi connectivity index (χ2n) is 5.49. The fraction of sp³-hybridized carbons (Fsp3) is 0.222. The maximum atomic E-state index is 3.63. The molecule has 0 fully saturated rings. The third-order valence-corrected chi connectivity index (χ3v) is 8.18. The fourth-order valence-corrected chi connectivity index (χ4v) is 7.20. The van der Waals surface area contributed by atoms with Crippen molar-refractivity contribution in [1.29, 1.82) is 0 Å². The molecule has 0 unspecified atom stereocenters. The van der Waals surface area contributed by atoms with Crippen molar-refractivity contribution in [2.45, 2.75) is 20.8 Å². The van der Waals surface area contributed by atoms with Crippen LogP contribution in [0.1, 0.15) is 20.8 Å². The minimum atomic E-state index is -1.91. The first-order chi connectivity index (χ1) is 9.06. The van der Waals surface area contributed by atoms with Gasteiger partial charge in [-0.25, -0.2) is 0 Å². The molecule has 0 atom stereocenters. The summed E-state index contributed by atoms with van der Waals surface area (Å²) in [5, 5.41) is 0. The first kappa shape index (κ1) is 14.2. The summed E-state index contributed by atoms with van der Waals surface area (Å²) in [6.07, 6.45) is 0. The van der Waals surface area contributed by atoms with Gasteiger partial charge in [-0.1, -0.05) is 0 Å². The zero-order valence-electron chi connectivity index (χ0n) is 11.7. The van der Waals surface area contributed by atoms with E-state index < -0.39 is 20.2 Å². The summed E-state index contributed by atoms with van der Waals surface area (Å²) in [5.74, 6) is 3.45. The van der Waals surface area contributed by atoms with E-state index in [1.165, 1.54) is 7.02 Å². The molecule has 0 spiro atoms. The Morgan fingerprint density at radius 1 is 0.737 bits per heavy atom. The summed E-state index contributed by atoms with van der Waals surface area (Å²) in [5.41, 5.74) is 0.0754. The van der Waals surface area contributed by atoms with Crippen molar-refractivity contribution in [3.63, 3.8) is 0 Å². The van der Waals surface area contributed by atoms with E-state index in [0.717, 1.165) is 0 Å². The summed E-state index contributed by atoms with van der Waals surface area (Å²) in [6.45, 7) is 6.53. The van der Waals surface area contributed by atoms with E-state index in [1.807, 2.05) is 0 Å². The zero-order valence-corrected chi connectivity index (χ0v) is 14.3. The molecule has 0 N–H and O–H groups in total. The molecule has 0 saturated carbocycles. The van der Waals surface area contributed by atoms with Crippen molar-refractivity contribution in [2.75, 3.05) is 0 Å². The molecule has 0 radical (unpaired) electrons. The van der Waals surface area contributed by atoms with Gasteiger partial charge in [0.1, 0.15) is 0 Å². The average Bonchev–Trinajstić information content (AvgIpc) is 2.40. The third-order valence-electron chi connectivity index (χ3n) is 2.57. The second kappa shape index (κ2) is 6.31. The number of hydrogen-bond acceptors (Lipinski definition) is 0. The topological polar surface area (TPSA) is 0 Å². The van der Waals surface area contributed by atoms with Crippen LogP contribution in [0.3, 0.4) is 0 Å². The molecule has 19 heavy (non-hydrogen) atoms. The van der Waals surface area contributed by atoms with Gasteiger partial charge in [-0.2, -0.15) is 0 Å². The van der Waals surface area contributed by atoms with E-state index in [4.69, 9.17) is 0 Å². The second-order valence-corrected chi connectivity index (χ2v) is 11.0. The van der Waals surface area contributed by atoms with Gasteiger partial charge in [-0.3, -0.25) is 0 Å². The predicted molar refractivity (Wildman–Crippen MR) is 85.1 cm³/mol. The van der Waals surface area contributed by atoms with Gasteiger partial charge >= 0.3 is 124 Å². The Morgan fingerprint density at radius 3 is 1.53 bits per heavy atom. The molecule has 0 aliphatic heterocycles. The number of hydrogen-bond donors (Lipinski definition) is 0. The van der Waals surface area contributed by atoms with Crippen molar-refractivity contribution in [3.8, 4) is 9.79 Å². The third kappa shape index (κ3) is 4.45. The minimum absolute atomic E-state index is 0.0754. The SMILES string of the molecule is CC(C)(C)C#[C][Sb]([c]1ccccc1)[c]1ccccc1. The molecule has 0 nitrogen and oxygen atoms in total. The van der Waals surface area contributed by atoms with E-state index in [2.05, 4.69) is 91.2 Å². The quantitative estimate of drug-likeness (QED) is 0.573. The molecular formula is C18H19Sb. The van der Waals surface area contributed by atoms with Crippen LogP contribution in [0, 0.1) is 15.2 Å². The average molecular weight is 357 g/mol. The van der Waals surface area contributed by atoms with Crippen molar-refractivity contribution < 1.29 is 0 Å². The monoisotopic (exact) mass is 356 g/mol. The molecule has 96 valence electrons. The van der Waals surface area contributed by atoms with E-state index in [-0.39, 0.29) is 5.41 Å². The standard InChI is InChI=1S/2C6H5.C6H9.Sb/c2*1-2-4-6-5-3-1;1-5-6(2,3)4;/h2*1-5H;2-4H3;. The van der Waals surface area contributed by atoms with Gasteiger partial charge in [0.2, 0.25) is 0 Å². The molecule has 0 amide bonds. The molecule has 0 aliphatic rings. The first-order valence-electron chi connectivity index (χ1n) is 6.49. The summed E-state index contributed by atoms with van der Waals surface area (Å²) in [7, 11) is 0. The first-order valence-corrected chi connectivity index (χ1v) is 10.3. The van der Waals surface area contributed by atoms with Crippen LogP contribution < -0.4 is 7.02 Å². The van der Waals surface area contributed by atoms with Crippen molar-refractivity contribution in [3.05, 3.63) is 60.7 Å². The van der Waals surface area contributed by atoms with Gasteiger partial charge < -0.3 is 0 Å². The molecular weight excluding hydrogens is 338 g/mol. The number of rotatable bonds is 2. The van der Waals surface area contributed by atoms with Crippen LogP contribution in [-0.4, -0.2) is 20.2 Å². The Morgan fingerprint density at radius 2 is 1.16 bits per heavy atom. The summed E-state index contributed by atoms with van der Waals surface area (Å²) >= 11 is -1.91. The van der Waals surface area contributed by atoms with Gasteiger partial charge in [-0.15, -0.1) is 0 Å². The number of benzene rings is 2. The molecule has 0 bridgehead atoms. The van der Waals surface area contributed by atoms with Crippen LogP contribution in [0.25, 0.3) is 0 Å². The molecule has 0 saturated heterocycles. The van der Waals surface area contributed by atoms with Crippen molar-refractivity contribution >= 4 is 27.2 Å². The molecule has 0 aromatic heterocycles. The fourth-order valence-electron chi connectivity index (χ4n) is 1.66. The van der Waals surface area contributed by atoms with Crippen LogP contribution in [0.5, 0.6) is 0 Å². The Kier molecular flexibility index (Phi) is 4.73. The molecule has 2 rings (SSSR count). The Balaban J connectivity index is 2.42. The normalized spacial score (nSPS) is 10.9. The van der Waals surface area contributed by atoms with E-state index in [0.29, 0.717) is 0 Å². The summed E-state index contributed by atoms with van der Waals surface area (Å²) in [6, 6.07) is 21.5. The van der Waals surface area contributed by atoms with Gasteiger partial charge in [-0.05, 0) is 0 Å². The zero-order chi connectivity index (χ0) is 13.7. The van der Waals surface area contributed by atoms with Crippen LogP contribution in [0.4, 0.5) is 0 Å². The Bertz CT molecular complexity index is 528. The molecule has 0 aliphatic carbocycles. The van der Waals surface area contributed by atoms with Crippen molar-refractivity contribution in [2.24, 2.45) is 5.41 Å². The summed E-state index contributed by atoms with van der Waals surface area (Å²) in [4.78, 5) is 0. The van der Waals surface area contributed by atoms with Crippen LogP contribution in [0.15, 0.2) is 60.7 Å².